The summed E-state index contributed by atoms with van der Waals surface area (Å²) in [4.78, 5) is 25.1. The second-order valence-electron chi connectivity index (χ2n) is 4.80. The molecule has 1 aromatic rings. The second kappa shape index (κ2) is 4.89. The third-order valence-corrected chi connectivity index (χ3v) is 3.39. The molecule has 5 N–H and O–H groups in total. The number of aryl methyl sites for hydroxylation is 1. The fourth-order valence-corrected chi connectivity index (χ4v) is 2.43. The van der Waals surface area contributed by atoms with Gasteiger partial charge in [0.2, 0.25) is 5.91 Å². The van der Waals surface area contributed by atoms with Crippen molar-refractivity contribution < 1.29 is 14.7 Å². The predicted octanol–water partition coefficient (Wildman–Crippen LogP) is -0.362. The van der Waals surface area contributed by atoms with Crippen LogP contribution in [0, 0.1) is 6.92 Å². The smallest absolute Gasteiger partial charge is 0.256 e. The highest BCUT2D eigenvalue weighted by molar-refractivity contribution is 6.02. The zero-order valence-corrected chi connectivity index (χ0v) is 10.7. The third-order valence-electron chi connectivity index (χ3n) is 3.39. The number of nitrogens with two attached hydrogens (primary N) is 2. The second-order valence-corrected chi connectivity index (χ2v) is 4.80. The van der Waals surface area contributed by atoms with Gasteiger partial charge in [0, 0.05) is 18.7 Å². The molecule has 1 heterocycles. The van der Waals surface area contributed by atoms with Crippen LogP contribution in [0.5, 0.6) is 0 Å². The first-order valence-electron chi connectivity index (χ1n) is 6.05. The summed E-state index contributed by atoms with van der Waals surface area (Å²) >= 11 is 0. The Morgan fingerprint density at radius 3 is 2.68 bits per heavy atom. The van der Waals surface area contributed by atoms with E-state index in [2.05, 4.69) is 0 Å². The van der Waals surface area contributed by atoms with Gasteiger partial charge in [-0.25, -0.2) is 0 Å². The van der Waals surface area contributed by atoms with Gasteiger partial charge in [-0.2, -0.15) is 0 Å². The number of benzene rings is 1. The molecule has 1 aliphatic rings. The highest BCUT2D eigenvalue weighted by atomic mass is 16.3. The first-order chi connectivity index (χ1) is 8.91. The van der Waals surface area contributed by atoms with E-state index in [1.807, 2.05) is 0 Å². The van der Waals surface area contributed by atoms with Crippen molar-refractivity contribution >= 4 is 17.5 Å². The Bertz CT molecular complexity index is 510. The van der Waals surface area contributed by atoms with Crippen molar-refractivity contribution in [2.75, 3.05) is 12.3 Å². The van der Waals surface area contributed by atoms with E-state index < -0.39 is 18.1 Å². The number of β-amino-alcohol motifs (C(OH)–C–C–N with tert-alkyl or cyclic N) is 1. The quantitative estimate of drug-likeness (QED) is 0.633. The van der Waals surface area contributed by atoms with Gasteiger partial charge >= 0.3 is 0 Å². The van der Waals surface area contributed by atoms with Crippen LogP contribution in [0.25, 0.3) is 0 Å². The van der Waals surface area contributed by atoms with Crippen LogP contribution < -0.4 is 11.5 Å². The highest BCUT2D eigenvalue weighted by Crippen LogP contribution is 2.24. The summed E-state index contributed by atoms with van der Waals surface area (Å²) in [6.45, 7) is 1.87. The van der Waals surface area contributed by atoms with Crippen LogP contribution in [0.3, 0.4) is 0 Å². The number of carbonyl (C=O) groups excluding carboxylic acids is 2. The molecule has 2 unspecified atom stereocenters. The van der Waals surface area contributed by atoms with Crippen LogP contribution in [-0.4, -0.2) is 40.5 Å². The maximum absolute atomic E-state index is 12.5. The molecule has 2 rings (SSSR count). The van der Waals surface area contributed by atoms with Crippen molar-refractivity contribution in [3.63, 3.8) is 0 Å². The molecule has 0 spiro atoms. The lowest BCUT2D eigenvalue weighted by molar-refractivity contribution is -0.121. The molecule has 19 heavy (non-hydrogen) atoms. The van der Waals surface area contributed by atoms with Crippen molar-refractivity contribution in [3.05, 3.63) is 29.3 Å². The normalized spacial score (nSPS) is 22.5. The third kappa shape index (κ3) is 2.39. The maximum atomic E-state index is 12.5. The van der Waals surface area contributed by atoms with Gasteiger partial charge < -0.3 is 21.5 Å². The van der Waals surface area contributed by atoms with Gasteiger partial charge in [0.05, 0.1) is 11.7 Å². The number of aliphatic hydroxyl groups is 1. The van der Waals surface area contributed by atoms with Crippen LogP contribution >= 0.6 is 0 Å². The molecule has 1 saturated heterocycles. The van der Waals surface area contributed by atoms with Crippen molar-refractivity contribution in [1.29, 1.82) is 0 Å². The Balaban J connectivity index is 2.36. The summed E-state index contributed by atoms with van der Waals surface area (Å²) in [5, 5.41) is 9.62. The lowest BCUT2D eigenvalue weighted by Crippen LogP contribution is -2.44. The Morgan fingerprint density at radius 2 is 2.11 bits per heavy atom. The molecule has 6 nitrogen and oxygen atoms in total. The van der Waals surface area contributed by atoms with Crippen LogP contribution in [0.4, 0.5) is 5.69 Å². The van der Waals surface area contributed by atoms with Crippen molar-refractivity contribution in [3.8, 4) is 0 Å². The Kier molecular flexibility index (Phi) is 3.44. The average molecular weight is 263 g/mol. The number of carbonyl (C=O) groups is 2. The molecule has 1 aromatic carbocycles. The molecule has 0 radical (unpaired) electrons. The van der Waals surface area contributed by atoms with Gasteiger partial charge in [0.25, 0.3) is 5.91 Å². The van der Waals surface area contributed by atoms with E-state index in [1.165, 1.54) is 4.90 Å². The number of amides is 2. The number of hydrogen-bond donors (Lipinski definition) is 3. The number of anilines is 1. The van der Waals surface area contributed by atoms with Crippen molar-refractivity contribution in [2.24, 2.45) is 5.73 Å². The van der Waals surface area contributed by atoms with Crippen LogP contribution in [0.15, 0.2) is 18.2 Å². The molecule has 1 aliphatic heterocycles. The van der Waals surface area contributed by atoms with E-state index in [1.54, 1.807) is 25.1 Å². The molecular formula is C13H17N3O3. The van der Waals surface area contributed by atoms with E-state index in [9.17, 15) is 14.7 Å². The number of primary amides is 1. The van der Waals surface area contributed by atoms with Crippen LogP contribution in [0.1, 0.15) is 22.3 Å². The van der Waals surface area contributed by atoms with Crippen LogP contribution in [0.2, 0.25) is 0 Å². The molecule has 0 saturated carbocycles. The summed E-state index contributed by atoms with van der Waals surface area (Å²) in [6.07, 6.45) is -0.556. The summed E-state index contributed by atoms with van der Waals surface area (Å²) in [6, 6.07) is 4.38. The number of aliphatic hydroxyl groups excluding tert-OH is 1. The minimum absolute atomic E-state index is 0.0974. The number of nitrogens with zero attached hydrogens (tertiary/aromatic N) is 1. The average Bonchev–Trinajstić information content (AvgIpc) is 2.71. The highest BCUT2D eigenvalue weighted by Gasteiger charge is 2.38. The van der Waals surface area contributed by atoms with Gasteiger partial charge in [-0.05, 0) is 18.6 Å². The van der Waals surface area contributed by atoms with Gasteiger partial charge in [-0.15, -0.1) is 0 Å². The minimum atomic E-state index is -0.776. The molecule has 102 valence electrons. The summed E-state index contributed by atoms with van der Waals surface area (Å²) in [5.74, 6) is -0.979. The van der Waals surface area contributed by atoms with Gasteiger partial charge in [-0.1, -0.05) is 12.1 Å². The number of likely N-dealkylation sites (tertiary alicyclic amines) is 1. The molecule has 0 bridgehead atoms. The number of rotatable bonds is 2. The van der Waals surface area contributed by atoms with Gasteiger partial charge in [0.1, 0.15) is 6.04 Å². The van der Waals surface area contributed by atoms with E-state index in [-0.39, 0.29) is 18.9 Å². The molecule has 2 atom stereocenters. The van der Waals surface area contributed by atoms with Gasteiger partial charge in [-0.3, -0.25) is 9.59 Å². The van der Waals surface area contributed by atoms with Crippen LogP contribution in [-0.2, 0) is 4.79 Å². The minimum Gasteiger partial charge on any atom is -0.398 e. The lowest BCUT2D eigenvalue weighted by Gasteiger charge is -2.23. The maximum Gasteiger partial charge on any atom is 0.256 e. The summed E-state index contributed by atoms with van der Waals surface area (Å²) in [7, 11) is 0. The first-order valence-corrected chi connectivity index (χ1v) is 6.05. The van der Waals surface area contributed by atoms with E-state index in [0.717, 1.165) is 5.56 Å². The molecule has 2 amide bonds. The summed E-state index contributed by atoms with van der Waals surface area (Å²) in [5.41, 5.74) is 12.5. The van der Waals surface area contributed by atoms with E-state index in [0.29, 0.717) is 11.3 Å². The SMILES string of the molecule is Cc1cccc(N)c1C(=O)N1CC(O)CC1C(N)=O. The van der Waals surface area contributed by atoms with E-state index >= 15 is 0 Å². The van der Waals surface area contributed by atoms with Gasteiger partial charge in [0.15, 0.2) is 0 Å². The number of nitrogen functional groups attached to an aromatic ring is 1. The molecular weight excluding hydrogens is 246 g/mol. The Hall–Kier alpha value is -2.08. The Labute approximate surface area is 111 Å². The zero-order chi connectivity index (χ0) is 14.2. The fourth-order valence-electron chi connectivity index (χ4n) is 2.43. The topological polar surface area (TPSA) is 110 Å². The van der Waals surface area contributed by atoms with Crippen molar-refractivity contribution in [2.45, 2.75) is 25.5 Å². The summed E-state index contributed by atoms with van der Waals surface area (Å²) < 4.78 is 0. The lowest BCUT2D eigenvalue weighted by atomic mass is 10.0. The number of hydrogen-bond acceptors (Lipinski definition) is 4. The fraction of sp³-hybridized carbons (Fsp3) is 0.385. The van der Waals surface area contributed by atoms with E-state index in [4.69, 9.17) is 11.5 Å². The monoisotopic (exact) mass is 263 g/mol. The Morgan fingerprint density at radius 1 is 1.42 bits per heavy atom. The zero-order valence-electron chi connectivity index (χ0n) is 10.7. The molecule has 0 aliphatic carbocycles. The predicted molar refractivity (Wildman–Crippen MR) is 70.2 cm³/mol. The largest absolute Gasteiger partial charge is 0.398 e. The standard InChI is InChI=1S/C13H17N3O3/c1-7-3-2-4-9(14)11(7)13(19)16-6-8(17)5-10(16)12(15)18/h2-4,8,10,17H,5-6,14H2,1H3,(H2,15,18). The molecule has 6 heteroatoms. The molecule has 1 fully saturated rings. The van der Waals surface area contributed by atoms with Crippen molar-refractivity contribution in [1.82, 2.24) is 4.90 Å². The first kappa shape index (κ1) is 13.4. The molecule has 0 aromatic heterocycles.